The second-order valence-corrected chi connectivity index (χ2v) is 8.43. The number of fused-ring (bicyclic) bond motifs is 1. The van der Waals surface area contributed by atoms with Gasteiger partial charge in [-0.15, -0.1) is 11.3 Å². The molecule has 2 aromatic heterocycles. The number of rotatable bonds is 6. The Hall–Kier alpha value is -1.84. The van der Waals surface area contributed by atoms with Gasteiger partial charge in [-0.2, -0.15) is 0 Å². The molecule has 0 radical (unpaired) electrons. The molecular weight excluding hydrogens is 416 g/mol. The minimum absolute atomic E-state index is 0.0676. The van der Waals surface area contributed by atoms with Gasteiger partial charge in [-0.3, -0.25) is 0 Å². The number of nitrogens with zero attached hydrogens (tertiary/aromatic N) is 1. The first-order chi connectivity index (χ1) is 11.5. The number of aromatic amines is 1. The molecule has 24 heavy (non-hydrogen) atoms. The summed E-state index contributed by atoms with van der Waals surface area (Å²) in [6.45, 7) is 0. The Morgan fingerprint density at radius 3 is 2.67 bits per heavy atom. The molecule has 0 aliphatic carbocycles. The highest BCUT2D eigenvalue weighted by Crippen LogP contribution is 2.32. The number of nitrogens with one attached hydrogen (secondary N) is 1. The summed E-state index contributed by atoms with van der Waals surface area (Å²) >= 11 is 4.45. The zero-order valence-corrected chi connectivity index (χ0v) is 15.5. The fourth-order valence-corrected chi connectivity index (χ4v) is 4.84. The van der Waals surface area contributed by atoms with Crippen molar-refractivity contribution in [2.75, 3.05) is 4.31 Å². The third kappa shape index (κ3) is 3.33. The lowest BCUT2D eigenvalue weighted by atomic mass is 10.1. The lowest BCUT2D eigenvalue weighted by molar-refractivity contribution is -0.138. The van der Waals surface area contributed by atoms with E-state index in [9.17, 15) is 18.3 Å². The first-order valence-corrected chi connectivity index (χ1v) is 9.68. The molecule has 0 aliphatic heterocycles. The highest BCUT2D eigenvalue weighted by molar-refractivity contribution is 9.11. The fraction of sp³-hybridized carbons (Fsp3) is 0.133. The molecule has 0 saturated carbocycles. The molecule has 6 nitrogen and oxygen atoms in total. The van der Waals surface area contributed by atoms with Crippen molar-refractivity contribution in [2.45, 2.75) is 12.5 Å². The van der Waals surface area contributed by atoms with E-state index in [1.807, 2.05) is 24.3 Å². The van der Waals surface area contributed by atoms with Crippen LogP contribution < -0.4 is 4.31 Å². The zero-order chi connectivity index (χ0) is 17.3. The minimum Gasteiger partial charge on any atom is -0.480 e. The van der Waals surface area contributed by atoms with Crippen molar-refractivity contribution >= 4 is 60.0 Å². The van der Waals surface area contributed by atoms with Crippen LogP contribution in [0.1, 0.15) is 5.56 Å². The van der Waals surface area contributed by atoms with Crippen molar-refractivity contribution in [1.29, 1.82) is 0 Å². The number of aromatic nitrogens is 1. The first-order valence-electron chi connectivity index (χ1n) is 6.94. The highest BCUT2D eigenvalue weighted by Gasteiger charge is 2.30. The van der Waals surface area contributed by atoms with Crippen LogP contribution in [0.15, 0.2) is 46.4 Å². The summed E-state index contributed by atoms with van der Waals surface area (Å²) in [6, 6.07) is 9.57. The van der Waals surface area contributed by atoms with Crippen LogP contribution in [-0.2, 0) is 22.1 Å². The van der Waals surface area contributed by atoms with Crippen molar-refractivity contribution in [2.24, 2.45) is 0 Å². The summed E-state index contributed by atoms with van der Waals surface area (Å²) in [5.74, 6) is -1.19. The second-order valence-electron chi connectivity index (χ2n) is 5.08. The molecule has 1 aromatic carbocycles. The number of H-pyrrole nitrogens is 1. The van der Waals surface area contributed by atoms with Crippen LogP contribution in [0.2, 0.25) is 0 Å². The van der Waals surface area contributed by atoms with E-state index in [2.05, 4.69) is 20.9 Å². The molecule has 2 N–H and O–H groups in total. The molecule has 0 spiro atoms. The van der Waals surface area contributed by atoms with E-state index in [0.717, 1.165) is 24.6 Å². The average Bonchev–Trinajstić information content (AvgIpc) is 3.13. The van der Waals surface area contributed by atoms with Gasteiger partial charge in [0.15, 0.2) is 0 Å². The van der Waals surface area contributed by atoms with Gasteiger partial charge < -0.3 is 10.1 Å². The topological polar surface area (TPSA) is 90.5 Å². The molecule has 0 fully saturated rings. The Bertz CT molecular complexity index is 955. The molecule has 0 bridgehead atoms. The van der Waals surface area contributed by atoms with Crippen LogP contribution in [0.25, 0.3) is 10.9 Å². The molecule has 2 heterocycles. The third-order valence-electron chi connectivity index (χ3n) is 3.63. The van der Waals surface area contributed by atoms with E-state index < -0.39 is 22.9 Å². The lowest BCUT2D eigenvalue weighted by Gasteiger charge is -2.23. The molecule has 0 aliphatic rings. The van der Waals surface area contributed by atoms with E-state index in [1.165, 1.54) is 11.3 Å². The number of carboxylic acid groups (broad SMARTS) is 1. The highest BCUT2D eigenvalue weighted by atomic mass is 79.9. The Morgan fingerprint density at radius 2 is 2.04 bits per heavy atom. The van der Waals surface area contributed by atoms with Crippen molar-refractivity contribution in [3.63, 3.8) is 0 Å². The Balaban J connectivity index is 2.01. The van der Waals surface area contributed by atoms with Gasteiger partial charge in [0.2, 0.25) is 10.9 Å². The van der Waals surface area contributed by atoms with Crippen LogP contribution in [-0.4, -0.2) is 30.5 Å². The van der Waals surface area contributed by atoms with E-state index >= 15 is 0 Å². The van der Waals surface area contributed by atoms with E-state index in [0.29, 0.717) is 5.00 Å². The van der Waals surface area contributed by atoms with Gasteiger partial charge in [0.05, 0.1) is 3.79 Å². The number of carbonyl (C=O) groups is 1. The van der Waals surface area contributed by atoms with Gasteiger partial charge in [0.1, 0.15) is 11.0 Å². The van der Waals surface area contributed by atoms with Crippen LogP contribution in [0, 0.1) is 0 Å². The van der Waals surface area contributed by atoms with Crippen molar-refractivity contribution in [3.05, 3.63) is 51.9 Å². The lowest BCUT2D eigenvalue weighted by Crippen LogP contribution is -2.41. The molecular formula is C15H13BrN2O4S2. The average molecular weight is 429 g/mol. The third-order valence-corrected chi connectivity index (χ3v) is 6.23. The van der Waals surface area contributed by atoms with Crippen molar-refractivity contribution in [3.8, 4) is 0 Å². The van der Waals surface area contributed by atoms with Gasteiger partial charge in [-0.1, -0.05) is 18.2 Å². The van der Waals surface area contributed by atoms with Crippen LogP contribution in [0.4, 0.5) is 5.00 Å². The number of benzene rings is 1. The molecule has 0 amide bonds. The number of anilines is 1. The molecule has 0 saturated heterocycles. The Labute approximate surface area is 151 Å². The van der Waals surface area contributed by atoms with Crippen molar-refractivity contribution in [1.82, 2.24) is 4.98 Å². The fourth-order valence-electron chi connectivity index (χ4n) is 2.56. The maximum Gasteiger partial charge on any atom is 0.327 e. The van der Waals surface area contributed by atoms with Gasteiger partial charge in [0, 0.05) is 23.5 Å². The van der Waals surface area contributed by atoms with Crippen LogP contribution in [0.5, 0.6) is 0 Å². The monoisotopic (exact) mass is 428 g/mol. The smallest absolute Gasteiger partial charge is 0.327 e. The number of aliphatic carboxylic acids is 1. The van der Waals surface area contributed by atoms with Gasteiger partial charge >= 0.3 is 5.97 Å². The number of carboxylic acids is 1. The maximum atomic E-state index is 11.8. The zero-order valence-electron chi connectivity index (χ0n) is 12.2. The molecule has 3 aromatic rings. The summed E-state index contributed by atoms with van der Waals surface area (Å²) in [5.41, 5.74) is 1.64. The predicted molar refractivity (Wildman–Crippen MR) is 98.2 cm³/mol. The first kappa shape index (κ1) is 17.0. The number of hydrogen-bond donors (Lipinski definition) is 3. The summed E-state index contributed by atoms with van der Waals surface area (Å²) in [5, 5.41) is 10.9. The van der Waals surface area contributed by atoms with Gasteiger partial charge in [-0.05, 0) is 39.7 Å². The van der Waals surface area contributed by atoms with E-state index in [1.54, 1.807) is 18.3 Å². The summed E-state index contributed by atoms with van der Waals surface area (Å²) in [4.78, 5) is 14.8. The van der Waals surface area contributed by atoms with Crippen molar-refractivity contribution < 1.29 is 18.3 Å². The second kappa shape index (κ2) is 6.96. The number of thiol groups is 1. The number of thiophene rings is 1. The summed E-state index contributed by atoms with van der Waals surface area (Å²) in [6.07, 6.45) is 1.79. The normalized spacial score (nSPS) is 12.6. The quantitative estimate of drug-likeness (QED) is 0.526. The summed E-state index contributed by atoms with van der Waals surface area (Å²) < 4.78 is 25.1. The number of halogens is 1. The number of hydrogen-bond acceptors (Lipinski definition) is 4. The standard InChI is InChI=1S/C15H13BrN2O4S2/c16-13-5-6-14(23-13)18(24(21)22)12(15(19)20)7-9-8-17-11-4-2-1-3-10(9)11/h1-6,8,12,17,24H,7H2,(H,19,20). The maximum absolute atomic E-state index is 11.8. The molecule has 1 unspecified atom stereocenters. The van der Waals surface area contributed by atoms with Gasteiger partial charge in [-0.25, -0.2) is 17.5 Å². The van der Waals surface area contributed by atoms with Crippen LogP contribution in [0.3, 0.4) is 0 Å². The molecule has 3 rings (SSSR count). The van der Waals surface area contributed by atoms with E-state index in [-0.39, 0.29) is 6.42 Å². The van der Waals surface area contributed by atoms with Crippen LogP contribution >= 0.6 is 27.3 Å². The minimum atomic E-state index is -3.09. The van der Waals surface area contributed by atoms with E-state index in [4.69, 9.17) is 0 Å². The molecule has 9 heteroatoms. The summed E-state index contributed by atoms with van der Waals surface area (Å²) in [7, 11) is -3.09. The van der Waals surface area contributed by atoms with Gasteiger partial charge in [0.25, 0.3) is 0 Å². The largest absolute Gasteiger partial charge is 0.480 e. The molecule has 1 atom stereocenters. The Kier molecular flexibility index (Phi) is 4.93. The Morgan fingerprint density at radius 1 is 1.29 bits per heavy atom. The number of para-hydroxylation sites is 1. The molecule has 126 valence electrons. The SMILES string of the molecule is O=C(O)C(Cc1c[nH]c2ccccc12)N(c1ccc(Br)s1)[SH](=O)=O. The predicted octanol–water partition coefficient (Wildman–Crippen LogP) is 3.02.